The second-order valence-corrected chi connectivity index (χ2v) is 10.1. The van der Waals surface area contributed by atoms with E-state index in [0.29, 0.717) is 42.1 Å². The van der Waals surface area contributed by atoms with Crippen LogP contribution in [0.15, 0.2) is 59.6 Å². The van der Waals surface area contributed by atoms with E-state index >= 15 is 0 Å². The first kappa shape index (κ1) is 23.8. The van der Waals surface area contributed by atoms with Crippen LogP contribution in [0.1, 0.15) is 19.3 Å². The van der Waals surface area contributed by atoms with Crippen molar-refractivity contribution in [2.45, 2.75) is 49.0 Å². The fraction of sp³-hybridized carbons (Fsp3) is 0.364. The number of nitrogens with zero attached hydrogens (tertiary/aromatic N) is 3. The fourth-order valence-corrected chi connectivity index (χ4v) is 5.25. The normalized spacial score (nSPS) is 21.2. The highest BCUT2D eigenvalue weighted by Crippen LogP contribution is 2.25. The summed E-state index contributed by atoms with van der Waals surface area (Å²) in [5.41, 5.74) is 1.22. The van der Waals surface area contributed by atoms with Gasteiger partial charge in [-0.1, -0.05) is 28.9 Å². The SMILES string of the molecule is O=S(=O)(N[C@H]1CC[C@@H](CCn2cc(-c3cccc(F)c3)nn2)O[C@H]1CO)c1ccc(Cl)cc1. The number of halogens is 2. The van der Waals surface area contributed by atoms with E-state index < -0.39 is 22.2 Å². The van der Waals surface area contributed by atoms with Crippen LogP contribution in [0.4, 0.5) is 4.39 Å². The Morgan fingerprint density at radius 2 is 2.00 bits per heavy atom. The number of benzene rings is 2. The van der Waals surface area contributed by atoms with Gasteiger partial charge in [0, 0.05) is 17.1 Å². The Bertz CT molecular complexity index is 1190. The van der Waals surface area contributed by atoms with Crippen molar-refractivity contribution in [2.75, 3.05) is 6.61 Å². The van der Waals surface area contributed by atoms with E-state index in [4.69, 9.17) is 16.3 Å². The van der Waals surface area contributed by atoms with Gasteiger partial charge in [0.2, 0.25) is 10.0 Å². The Kier molecular flexibility index (Phi) is 7.40. The summed E-state index contributed by atoms with van der Waals surface area (Å²) in [6.07, 6.45) is 2.66. The molecule has 2 aromatic carbocycles. The van der Waals surface area contributed by atoms with Gasteiger partial charge in [-0.2, -0.15) is 0 Å². The molecule has 1 aromatic heterocycles. The smallest absolute Gasteiger partial charge is 0.240 e. The molecule has 0 saturated carbocycles. The van der Waals surface area contributed by atoms with Crippen LogP contribution < -0.4 is 4.72 Å². The average Bonchev–Trinajstić information content (AvgIpc) is 3.28. The van der Waals surface area contributed by atoms with Crippen molar-refractivity contribution >= 4 is 21.6 Å². The molecular weight excluding hydrogens is 471 g/mol. The maximum absolute atomic E-state index is 13.4. The molecule has 11 heteroatoms. The van der Waals surface area contributed by atoms with Crippen molar-refractivity contribution < 1.29 is 22.7 Å². The van der Waals surface area contributed by atoms with Crippen LogP contribution in [-0.2, 0) is 21.3 Å². The minimum absolute atomic E-state index is 0.103. The number of sulfonamides is 1. The van der Waals surface area contributed by atoms with Gasteiger partial charge in [-0.15, -0.1) is 5.10 Å². The second-order valence-electron chi connectivity index (χ2n) is 7.90. The lowest BCUT2D eigenvalue weighted by atomic mass is 9.98. The van der Waals surface area contributed by atoms with Gasteiger partial charge in [0.25, 0.3) is 0 Å². The highest BCUT2D eigenvalue weighted by molar-refractivity contribution is 7.89. The van der Waals surface area contributed by atoms with Crippen molar-refractivity contribution in [3.05, 3.63) is 65.6 Å². The molecule has 1 aliphatic rings. The minimum atomic E-state index is -3.77. The van der Waals surface area contributed by atoms with E-state index in [0.717, 1.165) is 0 Å². The first-order valence-corrected chi connectivity index (χ1v) is 12.4. The Morgan fingerprint density at radius 3 is 2.73 bits per heavy atom. The molecule has 0 amide bonds. The molecule has 33 heavy (non-hydrogen) atoms. The molecule has 176 valence electrons. The van der Waals surface area contributed by atoms with Crippen LogP contribution >= 0.6 is 11.6 Å². The Morgan fingerprint density at radius 1 is 1.21 bits per heavy atom. The summed E-state index contributed by atoms with van der Waals surface area (Å²) in [7, 11) is -3.77. The zero-order chi connectivity index (χ0) is 23.4. The van der Waals surface area contributed by atoms with E-state index in [1.54, 1.807) is 23.0 Å². The lowest BCUT2D eigenvalue weighted by Gasteiger charge is -2.36. The first-order chi connectivity index (χ1) is 15.8. The second kappa shape index (κ2) is 10.3. The summed E-state index contributed by atoms with van der Waals surface area (Å²) in [6.45, 7) is 0.212. The maximum atomic E-state index is 13.4. The van der Waals surface area contributed by atoms with Gasteiger partial charge in [0.1, 0.15) is 11.5 Å². The lowest BCUT2D eigenvalue weighted by Crippen LogP contribution is -2.50. The van der Waals surface area contributed by atoms with Crippen LogP contribution in [0.2, 0.25) is 5.02 Å². The predicted molar refractivity (Wildman–Crippen MR) is 121 cm³/mol. The minimum Gasteiger partial charge on any atom is -0.394 e. The molecule has 2 N–H and O–H groups in total. The summed E-state index contributed by atoms with van der Waals surface area (Å²) >= 11 is 5.83. The molecule has 1 saturated heterocycles. The molecule has 3 atom stereocenters. The number of aryl methyl sites for hydroxylation is 1. The van der Waals surface area contributed by atoms with Crippen molar-refractivity contribution in [3.8, 4) is 11.3 Å². The van der Waals surface area contributed by atoms with Gasteiger partial charge in [0.05, 0.1) is 35.9 Å². The highest BCUT2D eigenvalue weighted by atomic mass is 35.5. The van der Waals surface area contributed by atoms with Crippen molar-refractivity contribution in [2.24, 2.45) is 0 Å². The molecule has 2 heterocycles. The number of aliphatic hydroxyl groups excluding tert-OH is 1. The molecule has 0 spiro atoms. The van der Waals surface area contributed by atoms with Gasteiger partial charge in [0.15, 0.2) is 0 Å². The summed E-state index contributed by atoms with van der Waals surface area (Å²) < 4.78 is 49.0. The quantitative estimate of drug-likeness (QED) is 0.498. The van der Waals surface area contributed by atoms with E-state index in [2.05, 4.69) is 15.0 Å². The highest BCUT2D eigenvalue weighted by Gasteiger charge is 2.34. The Labute approximate surface area is 196 Å². The van der Waals surface area contributed by atoms with Crippen molar-refractivity contribution in [3.63, 3.8) is 0 Å². The number of rotatable bonds is 8. The van der Waals surface area contributed by atoms with Crippen LogP contribution in [0.5, 0.6) is 0 Å². The molecule has 0 unspecified atom stereocenters. The lowest BCUT2D eigenvalue weighted by molar-refractivity contribution is -0.0891. The van der Waals surface area contributed by atoms with Crippen molar-refractivity contribution in [1.82, 2.24) is 19.7 Å². The third-order valence-electron chi connectivity index (χ3n) is 5.57. The largest absolute Gasteiger partial charge is 0.394 e. The molecule has 4 rings (SSSR count). The monoisotopic (exact) mass is 494 g/mol. The van der Waals surface area contributed by atoms with Gasteiger partial charge in [-0.3, -0.25) is 4.68 Å². The van der Waals surface area contributed by atoms with Crippen molar-refractivity contribution in [1.29, 1.82) is 0 Å². The van der Waals surface area contributed by atoms with Crippen LogP contribution in [-0.4, -0.2) is 53.4 Å². The summed E-state index contributed by atoms with van der Waals surface area (Å²) in [4.78, 5) is 0.103. The average molecular weight is 495 g/mol. The number of hydrogen-bond donors (Lipinski definition) is 2. The summed E-state index contributed by atoms with van der Waals surface area (Å²) in [5, 5.41) is 18.4. The summed E-state index contributed by atoms with van der Waals surface area (Å²) in [5.74, 6) is -0.339. The molecule has 0 radical (unpaired) electrons. The van der Waals surface area contributed by atoms with Crippen LogP contribution in [0.3, 0.4) is 0 Å². The van der Waals surface area contributed by atoms with Crippen LogP contribution in [0.25, 0.3) is 11.3 Å². The molecule has 8 nitrogen and oxygen atoms in total. The number of ether oxygens (including phenoxy) is 1. The molecule has 1 aliphatic heterocycles. The predicted octanol–water partition coefficient (Wildman–Crippen LogP) is 3.01. The fourth-order valence-electron chi connectivity index (χ4n) is 3.82. The molecule has 0 aliphatic carbocycles. The number of nitrogens with one attached hydrogen (secondary N) is 1. The number of hydrogen-bond acceptors (Lipinski definition) is 6. The number of aliphatic hydroxyl groups is 1. The molecule has 1 fully saturated rings. The zero-order valence-corrected chi connectivity index (χ0v) is 19.2. The Hall–Kier alpha value is -2.37. The van der Waals surface area contributed by atoms with E-state index in [1.807, 2.05) is 0 Å². The van der Waals surface area contributed by atoms with Gasteiger partial charge in [-0.25, -0.2) is 17.5 Å². The third-order valence-corrected chi connectivity index (χ3v) is 7.32. The van der Waals surface area contributed by atoms with E-state index in [1.165, 1.54) is 36.4 Å². The molecule has 3 aromatic rings. The standard InChI is InChI=1S/C22H24ClFN4O4S/c23-16-4-7-19(8-5-16)33(30,31)26-20-9-6-18(32-22(20)14-29)10-11-28-13-21(25-27-28)15-2-1-3-17(24)12-15/h1-5,7-8,12-13,18,20,22,26,29H,6,9-11,14H2/t18-,20-,22-/m0/s1. The Balaban J connectivity index is 1.33. The molecular formula is C22H24ClFN4O4S. The zero-order valence-electron chi connectivity index (χ0n) is 17.6. The first-order valence-electron chi connectivity index (χ1n) is 10.5. The summed E-state index contributed by atoms with van der Waals surface area (Å²) in [6, 6.07) is 11.5. The van der Waals surface area contributed by atoms with Gasteiger partial charge >= 0.3 is 0 Å². The maximum Gasteiger partial charge on any atom is 0.240 e. The van der Waals surface area contributed by atoms with E-state index in [-0.39, 0.29) is 23.4 Å². The third kappa shape index (κ3) is 5.96. The van der Waals surface area contributed by atoms with E-state index in [9.17, 15) is 17.9 Å². The van der Waals surface area contributed by atoms with Gasteiger partial charge < -0.3 is 9.84 Å². The topological polar surface area (TPSA) is 106 Å². The van der Waals surface area contributed by atoms with Crippen LogP contribution in [0, 0.1) is 5.82 Å². The molecule has 0 bridgehead atoms. The van der Waals surface area contributed by atoms with Gasteiger partial charge in [-0.05, 0) is 55.7 Å². The number of aromatic nitrogens is 3.